The molecule has 5 heteroatoms. The van der Waals surface area contributed by atoms with E-state index in [-0.39, 0.29) is 12.7 Å². The van der Waals surface area contributed by atoms with Gasteiger partial charge in [-0.05, 0) is 42.1 Å². The zero-order valence-electron chi connectivity index (χ0n) is 14.6. The van der Waals surface area contributed by atoms with Gasteiger partial charge >= 0.3 is 0 Å². The van der Waals surface area contributed by atoms with Gasteiger partial charge in [0.2, 0.25) is 6.79 Å². The standard InChI is InChI=1S/C21H20N2O3/c1-22-17-5-3-2-4-14(17)10-18(22)16-8-9-23(12-16)21(24)15-6-7-19-20(11-15)26-13-25-19/h2-7,10-11,16H,8-9,12-13H2,1H3. The minimum Gasteiger partial charge on any atom is -0.454 e. The summed E-state index contributed by atoms with van der Waals surface area (Å²) in [5.41, 5.74) is 3.20. The van der Waals surface area contributed by atoms with E-state index in [0.717, 1.165) is 19.5 Å². The Morgan fingerprint density at radius 2 is 1.92 bits per heavy atom. The number of amides is 1. The summed E-state index contributed by atoms with van der Waals surface area (Å²) in [6.45, 7) is 1.75. The maximum Gasteiger partial charge on any atom is 0.254 e. The van der Waals surface area contributed by atoms with E-state index < -0.39 is 0 Å². The fraction of sp³-hybridized carbons (Fsp3) is 0.286. The molecular formula is C21H20N2O3. The normalized spacial score (nSPS) is 18.7. The van der Waals surface area contributed by atoms with Gasteiger partial charge in [-0.15, -0.1) is 0 Å². The van der Waals surface area contributed by atoms with E-state index in [1.54, 1.807) is 6.07 Å². The van der Waals surface area contributed by atoms with Crippen LogP contribution in [0, 0.1) is 0 Å². The molecule has 0 spiro atoms. The summed E-state index contributed by atoms with van der Waals surface area (Å²) in [6, 6.07) is 16.1. The largest absolute Gasteiger partial charge is 0.454 e. The van der Waals surface area contributed by atoms with Gasteiger partial charge in [-0.1, -0.05) is 18.2 Å². The fourth-order valence-electron chi connectivity index (χ4n) is 4.10. The molecule has 1 amide bonds. The lowest BCUT2D eigenvalue weighted by Crippen LogP contribution is -2.28. The number of hydrogen-bond donors (Lipinski definition) is 0. The van der Waals surface area contributed by atoms with Crippen LogP contribution in [-0.4, -0.2) is 35.3 Å². The van der Waals surface area contributed by atoms with Crippen molar-refractivity contribution in [2.24, 2.45) is 7.05 Å². The van der Waals surface area contributed by atoms with Crippen LogP contribution in [-0.2, 0) is 7.05 Å². The minimum absolute atomic E-state index is 0.0598. The van der Waals surface area contributed by atoms with E-state index in [1.807, 2.05) is 17.0 Å². The molecule has 2 aliphatic heterocycles. The summed E-state index contributed by atoms with van der Waals surface area (Å²) in [5.74, 6) is 1.78. The molecule has 1 fully saturated rings. The summed E-state index contributed by atoms with van der Waals surface area (Å²) >= 11 is 0. The summed E-state index contributed by atoms with van der Waals surface area (Å²) < 4.78 is 13.0. The van der Waals surface area contributed by atoms with Gasteiger partial charge in [-0.2, -0.15) is 0 Å². The van der Waals surface area contributed by atoms with Gasteiger partial charge in [0.05, 0.1) is 0 Å². The zero-order valence-corrected chi connectivity index (χ0v) is 14.6. The van der Waals surface area contributed by atoms with Crippen LogP contribution in [0.4, 0.5) is 0 Å². The minimum atomic E-state index is 0.0598. The molecule has 1 atom stereocenters. The molecule has 0 aliphatic carbocycles. The van der Waals surface area contributed by atoms with E-state index in [9.17, 15) is 4.79 Å². The van der Waals surface area contributed by atoms with Crippen molar-refractivity contribution in [3.63, 3.8) is 0 Å². The maximum absolute atomic E-state index is 12.9. The Morgan fingerprint density at radius 3 is 2.81 bits per heavy atom. The molecule has 0 bridgehead atoms. The van der Waals surface area contributed by atoms with Crippen molar-refractivity contribution < 1.29 is 14.3 Å². The third-order valence-corrected chi connectivity index (χ3v) is 5.50. The summed E-state index contributed by atoms with van der Waals surface area (Å²) in [4.78, 5) is 14.8. The molecule has 132 valence electrons. The molecule has 26 heavy (non-hydrogen) atoms. The van der Waals surface area contributed by atoms with Gasteiger partial charge in [0.25, 0.3) is 5.91 Å². The molecular weight excluding hydrogens is 328 g/mol. The van der Waals surface area contributed by atoms with Gasteiger partial charge < -0.3 is 18.9 Å². The van der Waals surface area contributed by atoms with E-state index >= 15 is 0 Å². The number of benzene rings is 2. The third kappa shape index (κ3) is 2.35. The molecule has 2 aromatic carbocycles. The Bertz CT molecular complexity index is 1010. The van der Waals surface area contributed by atoms with E-state index in [1.165, 1.54) is 16.6 Å². The quantitative estimate of drug-likeness (QED) is 0.711. The first-order valence-electron chi connectivity index (χ1n) is 8.94. The van der Waals surface area contributed by atoms with Crippen LogP contribution in [0.3, 0.4) is 0 Å². The SMILES string of the molecule is Cn1c(C2CCN(C(=O)c3ccc4c(c3)OCO4)C2)cc2ccccc21. The summed E-state index contributed by atoms with van der Waals surface area (Å²) in [6.07, 6.45) is 0.987. The number of rotatable bonds is 2. The molecule has 0 N–H and O–H groups in total. The average Bonchev–Trinajstić information content (AvgIpc) is 3.39. The molecule has 5 nitrogen and oxygen atoms in total. The number of fused-ring (bicyclic) bond motifs is 2. The first-order valence-corrected chi connectivity index (χ1v) is 8.94. The monoisotopic (exact) mass is 348 g/mol. The van der Waals surface area contributed by atoms with Gasteiger partial charge in [0.15, 0.2) is 11.5 Å². The number of carbonyl (C=O) groups is 1. The van der Waals surface area contributed by atoms with Crippen molar-refractivity contribution in [2.45, 2.75) is 12.3 Å². The predicted molar refractivity (Wildman–Crippen MR) is 98.7 cm³/mol. The number of ether oxygens (including phenoxy) is 2. The van der Waals surface area contributed by atoms with Crippen LogP contribution >= 0.6 is 0 Å². The second-order valence-electron chi connectivity index (χ2n) is 6.99. The number of carbonyl (C=O) groups excluding carboxylic acids is 1. The highest BCUT2D eigenvalue weighted by atomic mass is 16.7. The first kappa shape index (κ1) is 15.3. The Labute approximate surface area is 151 Å². The van der Waals surface area contributed by atoms with Crippen LogP contribution in [0.5, 0.6) is 11.5 Å². The van der Waals surface area contributed by atoms with Crippen LogP contribution in [0.25, 0.3) is 10.9 Å². The van der Waals surface area contributed by atoms with E-state index in [0.29, 0.717) is 23.0 Å². The number of hydrogen-bond acceptors (Lipinski definition) is 3. The van der Waals surface area contributed by atoms with Gasteiger partial charge in [-0.25, -0.2) is 0 Å². The predicted octanol–water partition coefficient (Wildman–Crippen LogP) is 3.54. The summed E-state index contributed by atoms with van der Waals surface area (Å²) in [7, 11) is 2.11. The molecule has 2 aliphatic rings. The van der Waals surface area contributed by atoms with Crippen LogP contribution in [0.1, 0.15) is 28.4 Å². The zero-order chi connectivity index (χ0) is 17.7. The fourth-order valence-corrected chi connectivity index (χ4v) is 4.10. The average molecular weight is 348 g/mol. The van der Waals surface area contributed by atoms with Gasteiger partial charge in [-0.3, -0.25) is 4.79 Å². The molecule has 1 unspecified atom stereocenters. The van der Waals surface area contributed by atoms with E-state index in [2.05, 4.69) is 41.9 Å². The lowest BCUT2D eigenvalue weighted by Gasteiger charge is -2.17. The first-order chi connectivity index (χ1) is 12.7. The second kappa shape index (κ2) is 5.80. The maximum atomic E-state index is 12.9. The lowest BCUT2D eigenvalue weighted by molar-refractivity contribution is 0.0790. The molecule has 0 saturated carbocycles. The lowest BCUT2D eigenvalue weighted by atomic mass is 10.0. The van der Waals surface area contributed by atoms with Crippen LogP contribution in [0.2, 0.25) is 0 Å². The molecule has 3 aromatic rings. The Hall–Kier alpha value is -2.95. The molecule has 0 radical (unpaired) electrons. The summed E-state index contributed by atoms with van der Waals surface area (Å²) in [5, 5.41) is 1.26. The smallest absolute Gasteiger partial charge is 0.254 e. The van der Waals surface area contributed by atoms with Crippen molar-refractivity contribution in [3.05, 3.63) is 59.8 Å². The highest BCUT2D eigenvalue weighted by Gasteiger charge is 2.30. The number of likely N-dealkylation sites (tertiary alicyclic amines) is 1. The molecule has 1 saturated heterocycles. The Morgan fingerprint density at radius 1 is 1.08 bits per heavy atom. The molecule has 1 aromatic heterocycles. The highest BCUT2D eigenvalue weighted by Crippen LogP contribution is 2.35. The number of nitrogens with zero attached hydrogens (tertiary/aromatic N) is 2. The van der Waals surface area contributed by atoms with Crippen molar-refractivity contribution in [1.82, 2.24) is 9.47 Å². The highest BCUT2D eigenvalue weighted by molar-refractivity contribution is 5.95. The van der Waals surface area contributed by atoms with Crippen molar-refractivity contribution in [2.75, 3.05) is 19.9 Å². The topological polar surface area (TPSA) is 43.7 Å². The van der Waals surface area contributed by atoms with Crippen LogP contribution < -0.4 is 9.47 Å². The molecule has 5 rings (SSSR count). The van der Waals surface area contributed by atoms with E-state index in [4.69, 9.17) is 9.47 Å². The van der Waals surface area contributed by atoms with Crippen LogP contribution in [0.15, 0.2) is 48.5 Å². The Balaban J connectivity index is 1.38. The van der Waals surface area contributed by atoms with Crippen molar-refractivity contribution >= 4 is 16.8 Å². The number of aromatic nitrogens is 1. The van der Waals surface area contributed by atoms with Gasteiger partial charge in [0, 0.05) is 42.8 Å². The van der Waals surface area contributed by atoms with Crippen molar-refractivity contribution in [1.29, 1.82) is 0 Å². The number of aryl methyl sites for hydroxylation is 1. The van der Waals surface area contributed by atoms with Gasteiger partial charge in [0.1, 0.15) is 0 Å². The Kier molecular flexibility index (Phi) is 3.42. The second-order valence-corrected chi connectivity index (χ2v) is 6.99. The number of para-hydroxylation sites is 1. The third-order valence-electron chi connectivity index (χ3n) is 5.50. The molecule has 3 heterocycles. The van der Waals surface area contributed by atoms with Crippen molar-refractivity contribution in [3.8, 4) is 11.5 Å².